The Morgan fingerprint density at radius 3 is 1.95 bits per heavy atom. The van der Waals surface area contributed by atoms with E-state index in [0.29, 0.717) is 18.5 Å². The first-order valence-electron chi connectivity index (χ1n) is 9.03. The number of hydrogen-bond acceptors (Lipinski definition) is 2. The predicted octanol–water partition coefficient (Wildman–Crippen LogP) is 3.21. The molecule has 0 saturated heterocycles. The quantitative estimate of drug-likeness (QED) is 0.817. The highest BCUT2D eigenvalue weighted by atomic mass is 16.3. The van der Waals surface area contributed by atoms with Gasteiger partial charge in [-0.3, -0.25) is 4.79 Å². The zero-order chi connectivity index (χ0) is 15.0. The van der Waals surface area contributed by atoms with Crippen molar-refractivity contribution < 1.29 is 9.90 Å². The highest BCUT2D eigenvalue weighted by Gasteiger charge is 2.55. The van der Waals surface area contributed by atoms with Crippen LogP contribution in [0.15, 0.2) is 0 Å². The van der Waals surface area contributed by atoms with Gasteiger partial charge < -0.3 is 10.0 Å². The van der Waals surface area contributed by atoms with Crippen molar-refractivity contribution in [2.45, 2.75) is 71.3 Å². The van der Waals surface area contributed by atoms with Crippen LogP contribution in [0.25, 0.3) is 0 Å². The highest BCUT2D eigenvalue weighted by molar-refractivity contribution is 5.83. The summed E-state index contributed by atoms with van der Waals surface area (Å²) in [6.45, 7) is 4.93. The van der Waals surface area contributed by atoms with Crippen molar-refractivity contribution in [3.05, 3.63) is 0 Å². The second-order valence-electron chi connectivity index (χ2n) is 7.89. The van der Waals surface area contributed by atoms with Crippen molar-refractivity contribution in [1.82, 2.24) is 4.90 Å². The lowest BCUT2D eigenvalue weighted by molar-refractivity contribution is -0.160. The molecule has 0 radical (unpaired) electrons. The Morgan fingerprint density at radius 1 is 1.10 bits per heavy atom. The minimum absolute atomic E-state index is 0.0630. The van der Waals surface area contributed by atoms with E-state index >= 15 is 0 Å². The normalized spacial score (nSPS) is 37.2. The monoisotopic (exact) mass is 293 g/mol. The lowest BCUT2D eigenvalue weighted by atomic mass is 9.49. The average molecular weight is 293 g/mol. The number of hydrogen-bond donors (Lipinski definition) is 1. The summed E-state index contributed by atoms with van der Waals surface area (Å²) in [6.07, 6.45) is 9.48. The zero-order valence-electron chi connectivity index (χ0n) is 13.7. The van der Waals surface area contributed by atoms with Crippen LogP contribution in [0.1, 0.15) is 65.2 Å². The largest absolute Gasteiger partial charge is 0.395 e. The summed E-state index contributed by atoms with van der Waals surface area (Å²) in [7, 11) is 0. The molecule has 0 aliphatic heterocycles. The van der Waals surface area contributed by atoms with Crippen LogP contribution in [-0.2, 0) is 4.79 Å². The fraction of sp³-hybridized carbons (Fsp3) is 0.944. The molecule has 120 valence electrons. The third kappa shape index (κ3) is 2.62. The number of nitrogens with zero attached hydrogens (tertiary/aromatic N) is 1. The van der Waals surface area contributed by atoms with Crippen molar-refractivity contribution >= 4 is 5.91 Å². The van der Waals surface area contributed by atoms with E-state index in [0.717, 1.165) is 49.9 Å². The highest BCUT2D eigenvalue weighted by Crippen LogP contribution is 2.60. The zero-order valence-corrected chi connectivity index (χ0v) is 13.7. The molecule has 4 fully saturated rings. The topological polar surface area (TPSA) is 40.5 Å². The minimum Gasteiger partial charge on any atom is -0.395 e. The summed E-state index contributed by atoms with van der Waals surface area (Å²) in [6, 6.07) is 0.303. The fourth-order valence-corrected chi connectivity index (χ4v) is 5.96. The molecular formula is C18H31NO2. The van der Waals surface area contributed by atoms with Crippen molar-refractivity contribution in [2.75, 3.05) is 13.2 Å². The summed E-state index contributed by atoms with van der Waals surface area (Å²) in [5.74, 6) is 2.79. The molecule has 4 bridgehead atoms. The molecule has 4 rings (SSSR count). The molecular weight excluding hydrogens is 262 g/mol. The van der Waals surface area contributed by atoms with Crippen molar-refractivity contribution in [1.29, 1.82) is 0 Å². The summed E-state index contributed by atoms with van der Waals surface area (Å²) in [5, 5.41) is 9.41. The molecule has 0 aromatic heterocycles. The van der Waals surface area contributed by atoms with E-state index in [9.17, 15) is 9.90 Å². The lowest BCUT2D eigenvalue weighted by Gasteiger charge is -2.57. The molecule has 4 aliphatic carbocycles. The predicted molar refractivity (Wildman–Crippen MR) is 83.8 cm³/mol. The van der Waals surface area contributed by atoms with Crippen molar-refractivity contribution in [3.8, 4) is 0 Å². The van der Waals surface area contributed by atoms with Crippen LogP contribution in [0, 0.1) is 23.2 Å². The third-order valence-corrected chi connectivity index (χ3v) is 6.48. The van der Waals surface area contributed by atoms with Crippen LogP contribution in [-0.4, -0.2) is 35.1 Å². The Morgan fingerprint density at radius 2 is 1.57 bits per heavy atom. The van der Waals surface area contributed by atoms with E-state index < -0.39 is 0 Å². The van der Waals surface area contributed by atoms with Crippen LogP contribution in [0.3, 0.4) is 0 Å². The van der Waals surface area contributed by atoms with Crippen molar-refractivity contribution in [3.63, 3.8) is 0 Å². The summed E-state index contributed by atoms with van der Waals surface area (Å²) < 4.78 is 0. The molecule has 0 unspecified atom stereocenters. The van der Waals surface area contributed by atoms with Crippen LogP contribution < -0.4 is 0 Å². The number of aliphatic hydroxyl groups excluding tert-OH is 1. The second kappa shape index (κ2) is 5.91. The minimum atomic E-state index is -0.0630. The van der Waals surface area contributed by atoms with Gasteiger partial charge >= 0.3 is 0 Å². The first-order chi connectivity index (χ1) is 10.1. The van der Waals surface area contributed by atoms with E-state index in [4.69, 9.17) is 0 Å². The number of carbonyl (C=O) groups is 1. The molecule has 21 heavy (non-hydrogen) atoms. The molecule has 4 saturated carbocycles. The van der Waals surface area contributed by atoms with Crippen LogP contribution >= 0.6 is 0 Å². The number of amides is 1. The maximum absolute atomic E-state index is 13.4. The van der Waals surface area contributed by atoms with Gasteiger partial charge in [0, 0.05) is 12.6 Å². The van der Waals surface area contributed by atoms with Crippen LogP contribution in [0.5, 0.6) is 0 Å². The standard InChI is InChI=1S/C18H31NO2/c1-3-16(4-2)19(5-6-20)17(21)18-10-13-7-14(11-18)9-15(8-13)12-18/h13-16,20H,3-12H2,1-2H3. The number of carbonyl (C=O) groups excluding carboxylic acids is 1. The smallest absolute Gasteiger partial charge is 0.229 e. The van der Waals surface area contributed by atoms with Gasteiger partial charge in [-0.2, -0.15) is 0 Å². The first-order valence-corrected chi connectivity index (χ1v) is 9.03. The second-order valence-corrected chi connectivity index (χ2v) is 7.89. The van der Waals surface area contributed by atoms with Gasteiger partial charge in [-0.15, -0.1) is 0 Å². The van der Waals surface area contributed by atoms with Gasteiger partial charge in [0.2, 0.25) is 5.91 Å². The maximum atomic E-state index is 13.4. The molecule has 0 heterocycles. The fourth-order valence-electron chi connectivity index (χ4n) is 5.96. The number of aliphatic hydroxyl groups is 1. The van der Waals surface area contributed by atoms with E-state index in [1.54, 1.807) is 0 Å². The first kappa shape index (κ1) is 15.3. The Labute approximate surface area is 129 Å². The molecule has 0 aromatic carbocycles. The lowest BCUT2D eigenvalue weighted by Crippen LogP contribution is -2.56. The van der Waals surface area contributed by atoms with E-state index in [1.165, 1.54) is 19.3 Å². The summed E-state index contributed by atoms with van der Waals surface area (Å²) in [5.41, 5.74) is -0.0630. The van der Waals surface area contributed by atoms with Gasteiger partial charge in [0.1, 0.15) is 0 Å². The van der Waals surface area contributed by atoms with E-state index in [2.05, 4.69) is 13.8 Å². The number of rotatable bonds is 6. The summed E-state index contributed by atoms with van der Waals surface area (Å²) in [4.78, 5) is 15.4. The summed E-state index contributed by atoms with van der Waals surface area (Å²) >= 11 is 0. The Bertz CT molecular complexity index is 353. The molecule has 0 atom stereocenters. The molecule has 0 aromatic rings. The molecule has 4 aliphatic rings. The van der Waals surface area contributed by atoms with Gasteiger partial charge in [-0.05, 0) is 69.1 Å². The molecule has 1 amide bonds. The molecule has 0 spiro atoms. The van der Waals surface area contributed by atoms with Crippen LogP contribution in [0.4, 0.5) is 0 Å². The van der Waals surface area contributed by atoms with Gasteiger partial charge in [0.05, 0.1) is 12.0 Å². The Kier molecular flexibility index (Phi) is 4.31. The van der Waals surface area contributed by atoms with Crippen LogP contribution in [0.2, 0.25) is 0 Å². The Hall–Kier alpha value is -0.570. The van der Waals surface area contributed by atoms with Gasteiger partial charge in [-0.25, -0.2) is 0 Å². The van der Waals surface area contributed by atoms with Gasteiger partial charge in [0.25, 0.3) is 0 Å². The molecule has 1 N–H and O–H groups in total. The van der Waals surface area contributed by atoms with E-state index in [-0.39, 0.29) is 12.0 Å². The van der Waals surface area contributed by atoms with Gasteiger partial charge in [-0.1, -0.05) is 13.8 Å². The SMILES string of the molecule is CCC(CC)N(CCO)C(=O)C12CC3CC(CC(C3)C1)C2. The molecule has 3 heteroatoms. The molecule has 3 nitrogen and oxygen atoms in total. The maximum Gasteiger partial charge on any atom is 0.229 e. The Balaban J connectivity index is 1.82. The average Bonchev–Trinajstić information content (AvgIpc) is 2.45. The van der Waals surface area contributed by atoms with E-state index in [1.807, 2.05) is 4.90 Å². The van der Waals surface area contributed by atoms with Gasteiger partial charge in [0.15, 0.2) is 0 Å². The third-order valence-electron chi connectivity index (χ3n) is 6.48. The van der Waals surface area contributed by atoms with Crippen molar-refractivity contribution in [2.24, 2.45) is 23.2 Å².